The number of hydrogen-bond acceptors (Lipinski definition) is 31. The summed E-state index contributed by atoms with van der Waals surface area (Å²) in [6.07, 6.45) is -1.38. The molecule has 1 fully saturated rings. The lowest BCUT2D eigenvalue weighted by Gasteiger charge is -2.42. The number of benzene rings is 5. The van der Waals surface area contributed by atoms with Crippen LogP contribution in [0.5, 0.6) is 23.1 Å². The lowest BCUT2D eigenvalue weighted by molar-refractivity contribution is -0.926. The summed E-state index contributed by atoms with van der Waals surface area (Å²) in [6.45, 7) is 9.32. The number of alkyl halides is 3. The van der Waals surface area contributed by atoms with Crippen LogP contribution in [-0.4, -0.2) is 284 Å². The molecular formula is C92H108ClF4N17O25S2. The van der Waals surface area contributed by atoms with Gasteiger partial charge in [0.25, 0.3) is 11.8 Å². The number of anilines is 1. The second kappa shape index (κ2) is 53.7. The number of aliphatic carboxylic acids is 3. The van der Waals surface area contributed by atoms with Crippen molar-refractivity contribution in [2.45, 2.75) is 110 Å². The summed E-state index contributed by atoms with van der Waals surface area (Å²) < 4.78 is 135. The van der Waals surface area contributed by atoms with Gasteiger partial charge in [-0.15, -0.1) is 16.4 Å². The fourth-order valence-corrected chi connectivity index (χ4v) is 16.4. The molecule has 2 aliphatic heterocycles. The molecule has 10 N–H and O–H groups in total. The number of nitrogens with one attached hydrogen (secondary N) is 6. The molecule has 0 aliphatic carbocycles. The molecule has 0 radical (unpaired) electrons. The van der Waals surface area contributed by atoms with Crippen LogP contribution in [0.1, 0.15) is 73.2 Å². The fraction of sp³-hybridized carbons (Fsp3) is 0.413. The van der Waals surface area contributed by atoms with E-state index in [1.165, 1.54) is 34.5 Å². The molecule has 5 aromatic carbocycles. The zero-order chi connectivity index (χ0) is 102. The zero-order valence-corrected chi connectivity index (χ0v) is 79.8. The number of quaternary nitrogens is 1. The molecule has 2 aliphatic rings. The first-order valence-corrected chi connectivity index (χ1v) is 47.0. The first-order chi connectivity index (χ1) is 67.4. The Labute approximate surface area is 816 Å². The van der Waals surface area contributed by atoms with E-state index in [-0.39, 0.29) is 150 Å². The standard InChI is InChI=1S/C90H107ClFN17O23S2.C2HF3O2/c1-57(2)81(102-74(110)27-39-124-42-36-108-75(111)24-25-76(108)112)85(116)101-69(13-10-29-95-89(93)119)84(115)100-64-21-18-61(62(49-64)53-128-54-66-51-107(105-103-66)35-44-130-90(120)104-134(121,122)98-31-41-126-46-48-127-47-45-125-40-28-77(113)114)52-109(4)37-32-106(33-38-109)34-43-129-72-23-22-67(58(3)80(72)91)78-79-86(96-56-97-87(79)133-82(78)59-16-19-63(92)20-17-59)132-73(88(117)118)50-60-11-6-8-14-70(60)131-55-65-26-30-94-83(99-65)68-12-7-9-15-71(68)123-5;3-2(4,5)1(6)7/h6-9,11-12,14-26,30,49,51,56-57,69,73,81,98H,10,13,27-29,31-48,50,52-55H2,1-5H3,(H8-,93,95,100,101,102,104,110,113,114,115,116,117,118,119,120);(H,6,7)/t69-,73+,81-;/m0./s1. The second-order valence-corrected chi connectivity index (χ2v) is 35.3. The number of carboxylic acids is 3. The predicted molar refractivity (Wildman–Crippen MR) is 498 cm³/mol. The van der Waals surface area contributed by atoms with E-state index < -0.39 is 106 Å². The summed E-state index contributed by atoms with van der Waals surface area (Å²) in [5.41, 5.74) is 11.9. The van der Waals surface area contributed by atoms with Crippen LogP contribution in [0.3, 0.4) is 0 Å². The second-order valence-electron chi connectivity index (χ2n) is 32.4. The van der Waals surface area contributed by atoms with Gasteiger partial charge in [-0.1, -0.05) is 85.3 Å². The molecule has 0 saturated carbocycles. The van der Waals surface area contributed by atoms with Crippen molar-refractivity contribution in [1.29, 1.82) is 0 Å². The fourth-order valence-electron chi connectivity index (χ4n) is 14.3. The van der Waals surface area contributed by atoms with E-state index >= 15 is 0 Å². The highest BCUT2D eigenvalue weighted by molar-refractivity contribution is 7.88. The number of hydrogen-bond donors (Lipinski definition) is 9. The molecule has 6 heterocycles. The van der Waals surface area contributed by atoms with E-state index in [9.17, 15) is 74.2 Å². The van der Waals surface area contributed by atoms with Gasteiger partial charge in [-0.25, -0.2) is 48.1 Å². The van der Waals surface area contributed by atoms with Crippen LogP contribution in [0.25, 0.3) is 43.2 Å². The molecular weight excluding hydrogens is 1920 g/mol. The Morgan fingerprint density at radius 1 is 0.709 bits per heavy atom. The summed E-state index contributed by atoms with van der Waals surface area (Å²) in [5, 5.41) is 48.4. The molecule has 758 valence electrons. The topological polar surface area (TPSA) is 548 Å². The van der Waals surface area contributed by atoms with Gasteiger partial charge in [0.2, 0.25) is 29.7 Å². The van der Waals surface area contributed by atoms with E-state index in [1.54, 1.807) is 98.7 Å². The maximum absolute atomic E-state index is 14.7. The van der Waals surface area contributed by atoms with Crippen LogP contribution >= 0.6 is 22.9 Å². The Hall–Kier alpha value is -13.6. The van der Waals surface area contributed by atoms with Gasteiger partial charge >= 0.3 is 40.4 Å². The number of methoxy groups -OCH3 is 1. The Balaban J connectivity index is 0.00000281. The number of primary amides is 1. The number of halogens is 5. The first-order valence-electron chi connectivity index (χ1n) is 44.3. The largest absolute Gasteiger partial charge is 0.542 e. The molecule has 0 bridgehead atoms. The Morgan fingerprint density at radius 3 is 2.09 bits per heavy atom. The van der Waals surface area contributed by atoms with Gasteiger partial charge in [0.1, 0.15) is 84.3 Å². The molecule has 141 heavy (non-hydrogen) atoms. The normalized spacial score (nSPS) is 13.7. The average Bonchev–Trinajstić information content (AvgIpc) is 1.58. The van der Waals surface area contributed by atoms with Gasteiger partial charge in [-0.2, -0.15) is 26.3 Å². The van der Waals surface area contributed by atoms with Gasteiger partial charge < -0.3 is 99.0 Å². The van der Waals surface area contributed by atoms with E-state index in [0.29, 0.717) is 143 Å². The van der Waals surface area contributed by atoms with Crippen molar-refractivity contribution in [2.24, 2.45) is 11.7 Å². The quantitative estimate of drug-likeness (QED) is 0.00836. The highest BCUT2D eigenvalue weighted by atomic mass is 35.5. The van der Waals surface area contributed by atoms with Crippen LogP contribution in [-0.2, 0) is 116 Å². The number of aromatic nitrogens is 7. The minimum Gasteiger partial charge on any atom is -0.542 e. The third kappa shape index (κ3) is 34.4. The molecule has 8 amide bonds. The average molecular weight is 2030 g/mol. The number of fused-ring (bicyclic) bond motifs is 1. The molecule has 0 unspecified atom stereocenters. The summed E-state index contributed by atoms with van der Waals surface area (Å²) in [7, 11) is -0.625. The van der Waals surface area contributed by atoms with Gasteiger partial charge in [-0.05, 0) is 108 Å². The SMILES string of the molecule is COc1ccccc1-c1nccc(COc2ccccc2C[C@@H](Oc2ncnc3sc(-c4ccc(F)cc4)c(-c4ccc(OCCN5CC[N+](C)(Cc6ccc(NC(=O)[C@H](CCCNC(N)=O)NC(=O)[C@@H](NC(=O)CCOCCN7C(=O)C=CC7=O)C(C)C)cc6COCc6cn(CCOC(=O)NS(=O)(=O)NCCOCCOCCOCCC(=O)O)nn6)CC5)c(Cl)c4C)c23)C(=O)O)n1.O=C([O-])C(F)(F)F. The van der Waals surface area contributed by atoms with Crippen molar-refractivity contribution in [3.05, 3.63) is 185 Å². The molecule has 3 atom stereocenters. The highest BCUT2D eigenvalue weighted by Gasteiger charge is 2.35. The number of nitrogens with zero attached hydrogens (tertiary/aromatic N) is 10. The minimum atomic E-state index is -5.19. The number of carbonyl (C=O) groups is 10. The number of urea groups is 1. The number of carbonyl (C=O) groups excluding carboxylic acids is 8. The van der Waals surface area contributed by atoms with Crippen LogP contribution in [0.15, 0.2) is 140 Å². The summed E-state index contributed by atoms with van der Waals surface area (Å²) >= 11 is 8.63. The monoisotopic (exact) mass is 2030 g/mol. The van der Waals surface area contributed by atoms with Gasteiger partial charge in [0, 0.05) is 85.6 Å². The Bertz CT molecular complexity index is 5940. The van der Waals surface area contributed by atoms with Crippen LogP contribution in [0.2, 0.25) is 5.02 Å². The van der Waals surface area contributed by atoms with Crippen molar-refractivity contribution in [1.82, 2.24) is 70.1 Å². The maximum atomic E-state index is 14.7. The lowest BCUT2D eigenvalue weighted by Crippen LogP contribution is -2.57. The lowest BCUT2D eigenvalue weighted by atomic mass is 9.96. The summed E-state index contributed by atoms with van der Waals surface area (Å²) in [5.74, 6) is -7.11. The van der Waals surface area contributed by atoms with Crippen molar-refractivity contribution < 1.29 is 141 Å². The molecule has 42 nitrogen and oxygen atoms in total. The molecule has 1 saturated heterocycles. The third-order valence-electron chi connectivity index (χ3n) is 21.7. The highest BCUT2D eigenvalue weighted by Crippen LogP contribution is 2.50. The third-order valence-corrected chi connectivity index (χ3v) is 24.3. The van der Waals surface area contributed by atoms with Gasteiger partial charge in [0.05, 0.1) is 141 Å². The maximum Gasteiger partial charge on any atom is 0.430 e. The van der Waals surface area contributed by atoms with E-state index in [4.69, 9.17) is 84.7 Å². The van der Waals surface area contributed by atoms with Crippen LogP contribution in [0.4, 0.5) is 32.8 Å². The van der Waals surface area contributed by atoms with Gasteiger partial charge in [-0.3, -0.25) is 38.6 Å². The molecule has 9 aromatic rings. The number of para-hydroxylation sites is 2. The smallest absolute Gasteiger partial charge is 0.430 e. The van der Waals surface area contributed by atoms with E-state index in [0.717, 1.165) is 22.6 Å². The number of nitrogens with two attached hydrogens (primary N) is 1. The molecule has 0 spiro atoms. The van der Waals surface area contributed by atoms with Crippen molar-refractivity contribution >= 4 is 109 Å². The Kier molecular flexibility index (Phi) is 41.7. The Morgan fingerprint density at radius 2 is 1.40 bits per heavy atom. The number of carboxylic acid groups (broad SMARTS) is 3. The zero-order valence-electron chi connectivity index (χ0n) is 77.4. The number of likely N-dealkylation sites (N-methyl/N-ethyl adjacent to an activating group) is 1. The molecule has 4 aromatic heterocycles. The summed E-state index contributed by atoms with van der Waals surface area (Å²) in [4.78, 5) is 146. The van der Waals surface area contributed by atoms with Crippen molar-refractivity contribution in [2.75, 3.05) is 138 Å². The predicted octanol–water partition coefficient (Wildman–Crippen LogP) is 6.62. The van der Waals surface area contributed by atoms with E-state index in [2.05, 4.69) is 63.2 Å². The first kappa shape index (κ1) is 109. The molecule has 49 heteroatoms. The van der Waals surface area contributed by atoms with Crippen LogP contribution < -0.4 is 60.5 Å². The number of piperazine rings is 1. The number of ether oxygens (including phenoxy) is 10. The van der Waals surface area contributed by atoms with Crippen molar-refractivity contribution in [3.8, 4) is 56.1 Å². The minimum absolute atomic E-state index is 0.0136. The van der Waals surface area contributed by atoms with Gasteiger partial charge in [0.15, 0.2) is 5.82 Å². The summed E-state index contributed by atoms with van der Waals surface area (Å²) in [6, 6.07) is 28.0. The number of thiophene rings is 1. The van der Waals surface area contributed by atoms with Crippen molar-refractivity contribution in [3.63, 3.8) is 0 Å². The number of rotatable bonds is 55. The number of imide groups is 1. The molecule has 11 rings (SSSR count). The van der Waals surface area contributed by atoms with Crippen LogP contribution in [0, 0.1) is 18.7 Å². The number of amides is 8. The van der Waals surface area contributed by atoms with E-state index in [1.807, 2.05) is 43.3 Å².